The Balaban J connectivity index is 3.11. The van der Waals surface area contributed by atoms with Crippen LogP contribution in [0.2, 0.25) is 5.02 Å². The van der Waals surface area contributed by atoms with E-state index in [1.165, 1.54) is 0 Å². The van der Waals surface area contributed by atoms with Crippen LogP contribution in [0, 0.1) is 0 Å². The van der Waals surface area contributed by atoms with Crippen LogP contribution in [0.5, 0.6) is 0 Å². The highest BCUT2D eigenvalue weighted by Crippen LogP contribution is 2.29. The molecule has 0 radical (unpaired) electrons. The van der Waals surface area contributed by atoms with Crippen LogP contribution in [-0.2, 0) is 0 Å². The second-order valence-corrected chi connectivity index (χ2v) is 3.64. The first-order valence-corrected chi connectivity index (χ1v) is 5.17. The topological polar surface area (TPSA) is 64.4 Å². The van der Waals surface area contributed by atoms with Gasteiger partial charge in [0.05, 0.1) is 10.7 Å². The van der Waals surface area contributed by atoms with Gasteiger partial charge in [0.25, 0.3) is 0 Å². The highest BCUT2D eigenvalue weighted by Gasteiger charge is 2.00. The summed E-state index contributed by atoms with van der Waals surface area (Å²) >= 11 is 7.48. The molecule has 0 fully saturated rings. The first-order chi connectivity index (χ1) is 6.13. The third-order valence-corrected chi connectivity index (χ3v) is 2.45. The Labute approximate surface area is 86.2 Å². The van der Waals surface area contributed by atoms with Gasteiger partial charge in [-0.25, -0.2) is 4.99 Å². The number of nitrogens with zero attached hydrogens (tertiary/aromatic N) is 1. The minimum atomic E-state index is 0.0140. The average molecular weight is 216 g/mol. The lowest BCUT2D eigenvalue weighted by atomic mass is 10.3. The summed E-state index contributed by atoms with van der Waals surface area (Å²) in [7, 11) is 0. The maximum absolute atomic E-state index is 5.87. The van der Waals surface area contributed by atoms with E-state index in [0.717, 1.165) is 4.90 Å². The van der Waals surface area contributed by atoms with E-state index in [9.17, 15) is 0 Å². The number of hydrogen-bond acceptors (Lipinski definition) is 2. The Morgan fingerprint density at radius 2 is 2.15 bits per heavy atom. The summed E-state index contributed by atoms with van der Waals surface area (Å²) in [6, 6.07) is 5.53. The molecule has 0 atom stereocenters. The van der Waals surface area contributed by atoms with Crippen LogP contribution >= 0.6 is 23.4 Å². The van der Waals surface area contributed by atoms with Crippen LogP contribution in [0.15, 0.2) is 28.1 Å². The van der Waals surface area contributed by atoms with Gasteiger partial charge in [0.2, 0.25) is 0 Å². The lowest BCUT2D eigenvalue weighted by molar-refractivity contribution is 1.37. The molecule has 0 aliphatic rings. The number of guanidine groups is 1. The van der Waals surface area contributed by atoms with Crippen molar-refractivity contribution in [2.24, 2.45) is 16.5 Å². The molecule has 1 rings (SSSR count). The van der Waals surface area contributed by atoms with Crippen LogP contribution < -0.4 is 11.5 Å². The Morgan fingerprint density at radius 3 is 2.69 bits per heavy atom. The molecule has 0 heterocycles. The van der Waals surface area contributed by atoms with Crippen molar-refractivity contribution in [2.75, 3.05) is 6.26 Å². The summed E-state index contributed by atoms with van der Waals surface area (Å²) in [5, 5.41) is 0.547. The van der Waals surface area contributed by atoms with Gasteiger partial charge in [-0.05, 0) is 24.5 Å². The molecule has 0 aliphatic carbocycles. The SMILES string of the molecule is CSc1ccc(Cl)c(N=C(N)N)c1. The third-order valence-electron chi connectivity index (χ3n) is 1.40. The van der Waals surface area contributed by atoms with Gasteiger partial charge < -0.3 is 11.5 Å². The first kappa shape index (κ1) is 10.2. The Morgan fingerprint density at radius 1 is 1.46 bits per heavy atom. The van der Waals surface area contributed by atoms with E-state index in [1.54, 1.807) is 17.8 Å². The monoisotopic (exact) mass is 215 g/mol. The van der Waals surface area contributed by atoms with Crippen molar-refractivity contribution in [1.82, 2.24) is 0 Å². The highest BCUT2D eigenvalue weighted by molar-refractivity contribution is 7.98. The minimum Gasteiger partial charge on any atom is -0.370 e. The Bertz CT molecular complexity index is 334. The van der Waals surface area contributed by atoms with Crippen molar-refractivity contribution >= 4 is 35.0 Å². The van der Waals surface area contributed by atoms with Crippen LogP contribution in [0.25, 0.3) is 0 Å². The predicted octanol–water partition coefficient (Wildman–Crippen LogP) is 1.97. The number of nitrogens with two attached hydrogens (primary N) is 2. The summed E-state index contributed by atoms with van der Waals surface area (Å²) in [5.74, 6) is 0.0140. The summed E-state index contributed by atoms with van der Waals surface area (Å²) in [4.78, 5) is 4.97. The Kier molecular flexibility index (Phi) is 3.45. The van der Waals surface area contributed by atoms with Crippen molar-refractivity contribution in [1.29, 1.82) is 0 Å². The molecule has 4 N–H and O–H groups in total. The molecule has 0 unspecified atom stereocenters. The second kappa shape index (κ2) is 4.39. The van der Waals surface area contributed by atoms with Crippen LogP contribution in [0.3, 0.4) is 0 Å². The van der Waals surface area contributed by atoms with Crippen LogP contribution in [-0.4, -0.2) is 12.2 Å². The number of thioether (sulfide) groups is 1. The molecule has 0 saturated heterocycles. The summed E-state index contributed by atoms with van der Waals surface area (Å²) in [6.07, 6.45) is 1.97. The van der Waals surface area contributed by atoms with Gasteiger partial charge in [-0.1, -0.05) is 11.6 Å². The second-order valence-electron chi connectivity index (χ2n) is 2.35. The largest absolute Gasteiger partial charge is 0.370 e. The molecular formula is C8H10ClN3S. The van der Waals surface area contributed by atoms with Gasteiger partial charge in [0, 0.05) is 4.90 Å². The number of hydrogen-bond donors (Lipinski definition) is 2. The van der Waals surface area contributed by atoms with Crippen molar-refractivity contribution < 1.29 is 0 Å². The summed E-state index contributed by atoms with van der Waals surface area (Å²) in [5.41, 5.74) is 11.1. The molecule has 0 amide bonds. The Hall–Kier alpha value is -0.870. The van der Waals surface area contributed by atoms with E-state index in [0.29, 0.717) is 10.7 Å². The predicted molar refractivity (Wildman–Crippen MR) is 58.7 cm³/mol. The number of halogens is 1. The zero-order chi connectivity index (χ0) is 9.84. The molecule has 0 aliphatic heterocycles. The fourth-order valence-electron chi connectivity index (χ4n) is 0.844. The first-order valence-electron chi connectivity index (χ1n) is 3.56. The maximum atomic E-state index is 5.87. The molecule has 3 nitrogen and oxygen atoms in total. The van der Waals surface area contributed by atoms with Crippen LogP contribution in [0.1, 0.15) is 0 Å². The molecule has 1 aromatic rings. The zero-order valence-electron chi connectivity index (χ0n) is 7.12. The van der Waals surface area contributed by atoms with E-state index in [1.807, 2.05) is 18.4 Å². The standard InChI is InChI=1S/C8H10ClN3S/c1-13-5-2-3-6(9)7(4-5)12-8(10)11/h2-4H,1H3,(H4,10,11,12). The maximum Gasteiger partial charge on any atom is 0.191 e. The van der Waals surface area contributed by atoms with Gasteiger partial charge in [-0.2, -0.15) is 0 Å². The lowest BCUT2D eigenvalue weighted by Gasteiger charge is -2.01. The van der Waals surface area contributed by atoms with Gasteiger partial charge in [0.1, 0.15) is 0 Å². The fourth-order valence-corrected chi connectivity index (χ4v) is 1.44. The highest BCUT2D eigenvalue weighted by atomic mass is 35.5. The van der Waals surface area contributed by atoms with Gasteiger partial charge in [-0.15, -0.1) is 11.8 Å². The van der Waals surface area contributed by atoms with E-state index in [4.69, 9.17) is 23.1 Å². The smallest absolute Gasteiger partial charge is 0.191 e. The molecule has 0 bridgehead atoms. The fraction of sp³-hybridized carbons (Fsp3) is 0.125. The molecular weight excluding hydrogens is 206 g/mol. The molecule has 0 spiro atoms. The number of rotatable bonds is 2. The quantitative estimate of drug-likeness (QED) is 0.450. The van der Waals surface area contributed by atoms with Crippen LogP contribution in [0.4, 0.5) is 5.69 Å². The van der Waals surface area contributed by atoms with E-state index >= 15 is 0 Å². The van der Waals surface area contributed by atoms with Crippen molar-refractivity contribution in [3.8, 4) is 0 Å². The summed E-state index contributed by atoms with van der Waals surface area (Å²) < 4.78 is 0. The van der Waals surface area contributed by atoms with E-state index < -0.39 is 0 Å². The number of benzene rings is 1. The minimum absolute atomic E-state index is 0.0140. The van der Waals surface area contributed by atoms with Crippen molar-refractivity contribution in [2.45, 2.75) is 4.90 Å². The van der Waals surface area contributed by atoms with E-state index in [2.05, 4.69) is 4.99 Å². The average Bonchev–Trinajstić information content (AvgIpc) is 2.08. The molecule has 0 saturated carbocycles. The van der Waals surface area contributed by atoms with Gasteiger partial charge in [0.15, 0.2) is 5.96 Å². The van der Waals surface area contributed by atoms with Gasteiger partial charge >= 0.3 is 0 Å². The molecule has 1 aromatic carbocycles. The zero-order valence-corrected chi connectivity index (χ0v) is 8.69. The van der Waals surface area contributed by atoms with Crippen molar-refractivity contribution in [3.05, 3.63) is 23.2 Å². The molecule has 70 valence electrons. The van der Waals surface area contributed by atoms with Crippen molar-refractivity contribution in [3.63, 3.8) is 0 Å². The number of aliphatic imine (C=N–C) groups is 1. The lowest BCUT2D eigenvalue weighted by Crippen LogP contribution is -2.21. The van der Waals surface area contributed by atoms with E-state index in [-0.39, 0.29) is 5.96 Å². The molecule has 5 heteroatoms. The van der Waals surface area contributed by atoms with Gasteiger partial charge in [-0.3, -0.25) is 0 Å². The normalized spacial score (nSPS) is 9.69. The molecule has 13 heavy (non-hydrogen) atoms. The molecule has 0 aromatic heterocycles. The third kappa shape index (κ3) is 2.82. The summed E-state index contributed by atoms with van der Waals surface area (Å²) in [6.45, 7) is 0.